The van der Waals surface area contributed by atoms with Gasteiger partial charge in [0.05, 0.1) is 42.1 Å². The van der Waals surface area contributed by atoms with Crippen LogP contribution in [0.4, 0.5) is 0 Å². The van der Waals surface area contributed by atoms with Gasteiger partial charge in [0.2, 0.25) is 11.3 Å². The molecular formula is C20H22N6O4S. The van der Waals surface area contributed by atoms with E-state index in [1.54, 1.807) is 18.5 Å². The maximum Gasteiger partial charge on any atom is 0.302 e. The molecule has 0 bridgehead atoms. The molecule has 1 N–H and O–H groups in total. The van der Waals surface area contributed by atoms with Crippen molar-refractivity contribution in [1.29, 1.82) is 0 Å². The van der Waals surface area contributed by atoms with E-state index in [0.29, 0.717) is 29.2 Å². The van der Waals surface area contributed by atoms with Crippen molar-refractivity contribution in [3.63, 3.8) is 0 Å². The second-order valence-electron chi connectivity index (χ2n) is 8.66. The molecule has 2 aliphatic carbocycles. The van der Waals surface area contributed by atoms with E-state index in [9.17, 15) is 9.00 Å². The van der Waals surface area contributed by atoms with Gasteiger partial charge in [-0.15, -0.1) is 0 Å². The first-order chi connectivity index (χ1) is 15.1. The summed E-state index contributed by atoms with van der Waals surface area (Å²) in [5, 5.41) is 4.91. The minimum atomic E-state index is -1.36. The Morgan fingerprint density at radius 1 is 1.32 bits per heavy atom. The SMILES string of the molecule is O=c1[nH]c(Oc2cnn(C3CC34CCN(S(=O)OCC3CC3)C4)c2)nc2cnccc12. The van der Waals surface area contributed by atoms with Crippen molar-refractivity contribution in [3.05, 3.63) is 41.2 Å². The highest BCUT2D eigenvalue weighted by atomic mass is 32.2. The number of hydrogen-bond acceptors (Lipinski definition) is 7. The average molecular weight is 443 g/mol. The van der Waals surface area contributed by atoms with Crippen molar-refractivity contribution in [2.75, 3.05) is 19.7 Å². The van der Waals surface area contributed by atoms with Gasteiger partial charge in [-0.1, -0.05) is 0 Å². The lowest BCUT2D eigenvalue weighted by Crippen LogP contribution is -2.26. The van der Waals surface area contributed by atoms with Crippen LogP contribution in [0.1, 0.15) is 31.7 Å². The van der Waals surface area contributed by atoms with Crippen molar-refractivity contribution >= 4 is 22.2 Å². The second kappa shape index (κ2) is 7.21. The third-order valence-corrected chi connectivity index (χ3v) is 7.48. The zero-order valence-corrected chi connectivity index (χ0v) is 17.6. The van der Waals surface area contributed by atoms with Crippen LogP contribution in [0.5, 0.6) is 11.8 Å². The number of nitrogens with one attached hydrogen (secondary N) is 1. The van der Waals surface area contributed by atoms with Crippen LogP contribution in [0, 0.1) is 11.3 Å². The molecular weight excluding hydrogens is 420 g/mol. The molecule has 2 saturated carbocycles. The highest BCUT2D eigenvalue weighted by Crippen LogP contribution is 2.61. The molecule has 0 amide bonds. The smallest absolute Gasteiger partial charge is 0.302 e. The summed E-state index contributed by atoms with van der Waals surface area (Å²) in [4.78, 5) is 23.1. The Balaban J connectivity index is 1.11. The molecule has 1 saturated heterocycles. The molecule has 3 unspecified atom stereocenters. The van der Waals surface area contributed by atoms with Crippen LogP contribution in [0.25, 0.3) is 10.9 Å². The second-order valence-corrected chi connectivity index (χ2v) is 9.85. The monoisotopic (exact) mass is 442 g/mol. The van der Waals surface area contributed by atoms with Gasteiger partial charge in [0.15, 0.2) is 5.75 Å². The molecule has 4 heterocycles. The lowest BCUT2D eigenvalue weighted by molar-refractivity contribution is 0.295. The Morgan fingerprint density at radius 2 is 2.23 bits per heavy atom. The summed E-state index contributed by atoms with van der Waals surface area (Å²) in [6, 6.07) is 1.96. The first-order valence-electron chi connectivity index (χ1n) is 10.5. The van der Waals surface area contributed by atoms with Gasteiger partial charge < -0.3 is 4.74 Å². The van der Waals surface area contributed by atoms with Crippen molar-refractivity contribution in [1.82, 2.24) is 29.0 Å². The van der Waals surface area contributed by atoms with Gasteiger partial charge in [-0.05, 0) is 37.7 Å². The van der Waals surface area contributed by atoms with Crippen molar-refractivity contribution < 1.29 is 13.1 Å². The Morgan fingerprint density at radius 3 is 3.10 bits per heavy atom. The summed E-state index contributed by atoms with van der Waals surface area (Å²) in [5.74, 6) is 1.10. The van der Waals surface area contributed by atoms with Gasteiger partial charge in [0.1, 0.15) is 0 Å². The molecule has 3 fully saturated rings. The molecule has 0 aromatic carbocycles. The topological polar surface area (TPSA) is 115 Å². The highest BCUT2D eigenvalue weighted by molar-refractivity contribution is 7.77. The summed E-state index contributed by atoms with van der Waals surface area (Å²) in [5.41, 5.74) is 0.278. The van der Waals surface area contributed by atoms with Crippen LogP contribution >= 0.6 is 0 Å². The predicted octanol–water partition coefficient (Wildman–Crippen LogP) is 1.95. The van der Waals surface area contributed by atoms with Crippen LogP contribution in [-0.2, 0) is 15.4 Å². The van der Waals surface area contributed by atoms with Gasteiger partial charge in [0, 0.05) is 24.7 Å². The summed E-state index contributed by atoms with van der Waals surface area (Å²) in [6.45, 7) is 2.12. The van der Waals surface area contributed by atoms with Gasteiger partial charge >= 0.3 is 6.01 Å². The van der Waals surface area contributed by atoms with Crippen molar-refractivity contribution in [2.24, 2.45) is 11.3 Å². The first kappa shape index (κ1) is 19.1. The van der Waals surface area contributed by atoms with Gasteiger partial charge in [-0.25, -0.2) is 8.51 Å². The molecule has 162 valence electrons. The molecule has 11 heteroatoms. The predicted molar refractivity (Wildman–Crippen MR) is 112 cm³/mol. The van der Waals surface area contributed by atoms with E-state index in [-0.39, 0.29) is 23.0 Å². The fourth-order valence-corrected chi connectivity index (χ4v) is 5.37. The quantitative estimate of drug-likeness (QED) is 0.595. The Kier molecular flexibility index (Phi) is 4.44. The van der Waals surface area contributed by atoms with E-state index in [1.807, 2.05) is 15.2 Å². The maximum absolute atomic E-state index is 12.4. The first-order valence-corrected chi connectivity index (χ1v) is 11.5. The van der Waals surface area contributed by atoms with Crippen LogP contribution in [-0.4, -0.2) is 52.9 Å². The number of aromatic nitrogens is 5. The van der Waals surface area contributed by atoms with Gasteiger partial charge in [-0.2, -0.15) is 10.1 Å². The zero-order chi connectivity index (χ0) is 21.0. The number of fused-ring (bicyclic) bond motifs is 1. The number of ether oxygens (including phenoxy) is 1. The standard InChI is InChI=1S/C20H22N6O4S/c27-18-15-3-5-21-9-16(15)23-19(24-18)30-14-8-22-26(10-14)17-7-20(17)4-6-25(12-20)31(28)29-11-13-1-2-13/h3,5,8-10,13,17H,1-2,4,6-7,11-12H2,(H,23,24,27). The number of hydrogen-bond donors (Lipinski definition) is 1. The molecule has 3 aromatic heterocycles. The van der Waals surface area contributed by atoms with E-state index in [1.165, 1.54) is 19.0 Å². The largest absolute Gasteiger partial charge is 0.422 e. The number of rotatable bonds is 7. The molecule has 3 aromatic rings. The molecule has 0 radical (unpaired) electrons. The third-order valence-electron chi connectivity index (χ3n) is 6.41. The zero-order valence-electron chi connectivity index (χ0n) is 16.8. The summed E-state index contributed by atoms with van der Waals surface area (Å²) < 4.78 is 27.5. The maximum atomic E-state index is 12.4. The number of H-pyrrole nitrogens is 1. The van der Waals surface area contributed by atoms with Gasteiger partial charge in [-0.3, -0.25) is 23.6 Å². The molecule has 3 aliphatic rings. The van der Waals surface area contributed by atoms with Crippen molar-refractivity contribution in [2.45, 2.75) is 31.7 Å². The molecule has 1 spiro atoms. The third kappa shape index (κ3) is 3.66. The lowest BCUT2D eigenvalue weighted by Gasteiger charge is -2.14. The summed E-state index contributed by atoms with van der Waals surface area (Å²) >= 11 is -1.36. The number of pyridine rings is 1. The van der Waals surface area contributed by atoms with E-state index in [2.05, 4.69) is 20.1 Å². The minimum Gasteiger partial charge on any atom is -0.422 e. The van der Waals surface area contributed by atoms with E-state index in [4.69, 9.17) is 8.92 Å². The summed E-state index contributed by atoms with van der Waals surface area (Å²) in [7, 11) is 0. The molecule has 1 aliphatic heterocycles. The molecule has 6 rings (SSSR count). The number of aromatic amines is 1. The Bertz CT molecular complexity index is 1220. The van der Waals surface area contributed by atoms with Crippen LogP contribution in [0.15, 0.2) is 35.6 Å². The molecule has 31 heavy (non-hydrogen) atoms. The minimum absolute atomic E-state index is 0.0864. The Hall–Kier alpha value is -2.63. The summed E-state index contributed by atoms with van der Waals surface area (Å²) in [6.07, 6.45) is 10.8. The fourth-order valence-electron chi connectivity index (χ4n) is 4.31. The van der Waals surface area contributed by atoms with Crippen molar-refractivity contribution in [3.8, 4) is 11.8 Å². The lowest BCUT2D eigenvalue weighted by atomic mass is 10.1. The van der Waals surface area contributed by atoms with Crippen LogP contribution in [0.3, 0.4) is 0 Å². The number of nitrogens with zero attached hydrogens (tertiary/aromatic N) is 5. The van der Waals surface area contributed by atoms with E-state index < -0.39 is 11.3 Å². The molecule has 10 nitrogen and oxygen atoms in total. The van der Waals surface area contributed by atoms with Crippen LogP contribution in [0.2, 0.25) is 0 Å². The fraction of sp³-hybridized carbons (Fsp3) is 0.500. The van der Waals surface area contributed by atoms with E-state index >= 15 is 0 Å². The van der Waals surface area contributed by atoms with E-state index in [0.717, 1.165) is 25.9 Å². The highest BCUT2D eigenvalue weighted by Gasteiger charge is 2.60. The molecule has 3 atom stereocenters. The Labute approximate surface area is 180 Å². The van der Waals surface area contributed by atoms with Crippen LogP contribution < -0.4 is 10.3 Å². The normalized spacial score (nSPS) is 26.5. The average Bonchev–Trinajstić information content (AvgIpc) is 3.62. The van der Waals surface area contributed by atoms with Gasteiger partial charge in [0.25, 0.3) is 5.56 Å².